The first-order valence-corrected chi connectivity index (χ1v) is 20.6. The Hall–Kier alpha value is -2.90. The Kier molecular flexibility index (Phi) is 10.7. The highest BCUT2D eigenvalue weighted by atomic mass is 32.2. The second-order valence-corrected chi connectivity index (χ2v) is 18.5. The number of hydrogen-bond acceptors (Lipinski definition) is 13. The maximum absolute atomic E-state index is 11.7. The molecule has 1 aliphatic heterocycles. The van der Waals surface area contributed by atoms with E-state index in [1.807, 2.05) is 27.7 Å². The number of carbonyl (C=O) groups excluding carboxylic acids is 1. The molecule has 2 heterocycles. The van der Waals surface area contributed by atoms with Crippen LogP contribution in [0.5, 0.6) is 0 Å². The minimum Gasteiger partial charge on any atom is -0.768 e. The molecule has 5 rings (SSSR count). The molecule has 1 aliphatic carbocycles. The lowest BCUT2D eigenvalue weighted by molar-refractivity contribution is -0.668. The molecule has 0 saturated carbocycles. The van der Waals surface area contributed by atoms with Gasteiger partial charge in [0.1, 0.15) is 4.70 Å². The Balaban J connectivity index is 1.54. The van der Waals surface area contributed by atoms with Crippen LogP contribution in [0.25, 0.3) is 16.3 Å². The molecule has 0 radical (unpaired) electrons. The molecular weight excluding hydrogens is 721 g/mol. The predicted molar refractivity (Wildman–Crippen MR) is 179 cm³/mol. The van der Waals surface area contributed by atoms with Crippen LogP contribution < -0.4 is 14.6 Å². The second kappa shape index (κ2) is 14.1. The van der Waals surface area contributed by atoms with Gasteiger partial charge in [0.15, 0.2) is 6.54 Å². The third-order valence-corrected chi connectivity index (χ3v) is 12.2. The van der Waals surface area contributed by atoms with E-state index >= 15 is 0 Å². The number of aromatic carboxylic acids is 1. The molecule has 48 heavy (non-hydrogen) atoms. The van der Waals surface area contributed by atoms with Gasteiger partial charge in [-0.25, -0.2) is 16.8 Å². The second-order valence-electron chi connectivity index (χ2n) is 12.3. The zero-order valence-electron chi connectivity index (χ0n) is 25.9. The number of hydrogen-bond donors (Lipinski definition) is 0. The standard InChI is InChI=1S/C31H34N2O10S5/c1-31(2)18-20(14-28-32(9-3-11-47(38,39)40)24-16-22(30(34)35)5-7-26(24)44-28)13-21(19-31)15-29-33(10-4-12-48(41,42)43)25-17-23(46(36)37)6-8-27(25)45-29/h5-8,13-17H,3-4,9-12,18-19H2,1-2H3,(H3-,34,35,36,37,38,39,40,41,42,43)/p-3. The van der Waals surface area contributed by atoms with E-state index in [1.165, 1.54) is 47.4 Å². The molecule has 12 nitrogen and oxygen atoms in total. The highest BCUT2D eigenvalue weighted by Crippen LogP contribution is 2.48. The minimum atomic E-state index is -4.45. The summed E-state index contributed by atoms with van der Waals surface area (Å²) in [4.78, 5) is 14.3. The van der Waals surface area contributed by atoms with Crippen LogP contribution in [0, 0.1) is 5.41 Å². The zero-order chi connectivity index (χ0) is 35.0. The Morgan fingerprint density at radius 2 is 1.73 bits per heavy atom. The van der Waals surface area contributed by atoms with Crippen LogP contribution in [0.1, 0.15) is 54.9 Å². The number of carboxylic acid groups (broad SMARTS) is 1. The smallest absolute Gasteiger partial charge is 0.263 e. The van der Waals surface area contributed by atoms with Crippen LogP contribution in [0.2, 0.25) is 0 Å². The van der Waals surface area contributed by atoms with Crippen molar-refractivity contribution < 1.29 is 49.2 Å². The fourth-order valence-corrected chi connectivity index (χ4v) is 9.54. The topological polar surface area (TPSA) is 202 Å². The van der Waals surface area contributed by atoms with E-state index in [0.29, 0.717) is 24.0 Å². The largest absolute Gasteiger partial charge is 0.768 e. The van der Waals surface area contributed by atoms with Crippen LogP contribution in [-0.4, -0.2) is 58.7 Å². The van der Waals surface area contributed by atoms with E-state index in [4.69, 9.17) is 0 Å². The van der Waals surface area contributed by atoms with E-state index in [0.717, 1.165) is 30.8 Å². The number of carboxylic acids is 1. The summed E-state index contributed by atoms with van der Waals surface area (Å²) in [7, 11) is -8.89. The van der Waals surface area contributed by atoms with E-state index in [2.05, 4.69) is 13.8 Å². The average Bonchev–Trinajstić information content (AvgIpc) is 3.46. The van der Waals surface area contributed by atoms with Crippen molar-refractivity contribution in [1.82, 2.24) is 0 Å². The number of anilines is 1. The quantitative estimate of drug-likeness (QED) is 0.149. The third-order valence-electron chi connectivity index (χ3n) is 7.77. The maximum Gasteiger partial charge on any atom is 0.263 e. The lowest BCUT2D eigenvalue weighted by atomic mass is 9.75. The van der Waals surface area contributed by atoms with Gasteiger partial charge in [-0.05, 0) is 77.2 Å². The first-order chi connectivity index (χ1) is 22.4. The molecule has 0 saturated heterocycles. The molecule has 3 aromatic rings. The van der Waals surface area contributed by atoms with Crippen LogP contribution in [-0.2, 0) is 37.9 Å². The van der Waals surface area contributed by atoms with Gasteiger partial charge in [0.25, 0.3) is 5.01 Å². The lowest BCUT2D eigenvalue weighted by Gasteiger charge is -2.31. The molecule has 0 amide bonds. The van der Waals surface area contributed by atoms with Crippen molar-refractivity contribution in [3.05, 3.63) is 75.3 Å². The summed E-state index contributed by atoms with van der Waals surface area (Å²) in [5, 5.41) is 13.1. The van der Waals surface area contributed by atoms with Gasteiger partial charge in [-0.2, -0.15) is 4.57 Å². The molecule has 2 aliphatic rings. The van der Waals surface area contributed by atoms with Crippen LogP contribution in [0.4, 0.5) is 5.69 Å². The Labute approximate surface area is 289 Å². The van der Waals surface area contributed by atoms with Crippen molar-refractivity contribution in [3.8, 4) is 0 Å². The molecule has 1 unspecified atom stereocenters. The lowest BCUT2D eigenvalue weighted by Crippen LogP contribution is -2.36. The number of benzene rings is 2. The van der Waals surface area contributed by atoms with E-state index < -0.39 is 48.8 Å². The van der Waals surface area contributed by atoms with Gasteiger partial charge in [0.05, 0.1) is 36.9 Å². The summed E-state index contributed by atoms with van der Waals surface area (Å²) in [5.41, 5.74) is 2.85. The zero-order valence-corrected chi connectivity index (χ0v) is 30.0. The molecule has 1 aromatic heterocycles. The van der Waals surface area contributed by atoms with Crippen molar-refractivity contribution in [1.29, 1.82) is 0 Å². The summed E-state index contributed by atoms with van der Waals surface area (Å²) in [5.74, 6) is -2.48. The number of nitrogens with zero attached hydrogens (tertiary/aromatic N) is 2. The van der Waals surface area contributed by atoms with Gasteiger partial charge in [0.2, 0.25) is 5.52 Å². The normalized spacial score (nSPS) is 18.8. The SMILES string of the molecule is CC1(C)CC(/C=C2\Sc3ccc(S(=O)[O-])cc3N2CCCS(=O)(=O)[O-])=CC(=C/c2sc3ccc(C(=O)[O-])cc3[n+]2CCCS(=O)(=O)[O-])/C1. The summed E-state index contributed by atoms with van der Waals surface area (Å²) in [6.45, 7) is 4.57. The Morgan fingerprint density at radius 1 is 1.02 bits per heavy atom. The first-order valence-electron chi connectivity index (χ1n) is 14.7. The number of rotatable bonds is 12. The summed E-state index contributed by atoms with van der Waals surface area (Å²) >= 11 is 0.335. The molecule has 0 N–H and O–H groups in total. The van der Waals surface area contributed by atoms with Crippen molar-refractivity contribution in [2.45, 2.75) is 55.9 Å². The van der Waals surface area contributed by atoms with Crippen LogP contribution >= 0.6 is 23.1 Å². The number of allylic oxidation sites excluding steroid dienone is 4. The third kappa shape index (κ3) is 9.20. The first kappa shape index (κ1) is 36.4. The number of thioether (sulfide) groups is 1. The van der Waals surface area contributed by atoms with Crippen molar-refractivity contribution in [3.63, 3.8) is 0 Å². The fraction of sp³-hybridized carbons (Fsp3) is 0.355. The van der Waals surface area contributed by atoms with Gasteiger partial charge in [-0.3, -0.25) is 4.21 Å². The number of carbonyl (C=O) groups is 1. The van der Waals surface area contributed by atoms with Crippen molar-refractivity contribution in [2.75, 3.05) is 23.0 Å². The molecule has 1 atom stereocenters. The molecule has 258 valence electrons. The van der Waals surface area contributed by atoms with Crippen molar-refractivity contribution >= 4 is 82.4 Å². The van der Waals surface area contributed by atoms with Crippen LogP contribution in [0.3, 0.4) is 0 Å². The van der Waals surface area contributed by atoms with Gasteiger partial charge < -0.3 is 28.5 Å². The fourth-order valence-electron chi connectivity index (χ4n) is 5.90. The van der Waals surface area contributed by atoms with Gasteiger partial charge in [0, 0.05) is 52.0 Å². The molecule has 0 bridgehead atoms. The average molecular weight is 752 g/mol. The van der Waals surface area contributed by atoms with Crippen molar-refractivity contribution in [2.24, 2.45) is 5.41 Å². The van der Waals surface area contributed by atoms with E-state index in [-0.39, 0.29) is 41.8 Å². The van der Waals surface area contributed by atoms with Gasteiger partial charge in [-0.1, -0.05) is 49.1 Å². The molecule has 0 fully saturated rings. The maximum atomic E-state index is 11.7. The Bertz CT molecular complexity index is 2120. The number of aromatic nitrogens is 1. The summed E-state index contributed by atoms with van der Waals surface area (Å²) in [6.07, 6.45) is 7.43. The van der Waals surface area contributed by atoms with Gasteiger partial charge >= 0.3 is 0 Å². The molecule has 2 aromatic carbocycles. The molecule has 0 spiro atoms. The predicted octanol–water partition coefficient (Wildman–Crippen LogP) is 3.24. The summed E-state index contributed by atoms with van der Waals surface area (Å²) < 4.78 is 93.9. The molecule has 17 heteroatoms. The number of fused-ring (bicyclic) bond motifs is 2. The number of aryl methyl sites for hydroxylation is 1. The Morgan fingerprint density at radius 3 is 2.40 bits per heavy atom. The highest BCUT2D eigenvalue weighted by molar-refractivity contribution is 8.03. The summed E-state index contributed by atoms with van der Waals surface area (Å²) in [6, 6.07) is 9.29. The van der Waals surface area contributed by atoms with E-state index in [9.17, 15) is 44.6 Å². The van der Waals surface area contributed by atoms with Gasteiger partial charge in [-0.15, -0.1) is 0 Å². The monoisotopic (exact) mass is 751 g/mol. The van der Waals surface area contributed by atoms with E-state index in [1.54, 1.807) is 12.1 Å². The van der Waals surface area contributed by atoms with Crippen LogP contribution in [0.15, 0.2) is 74.5 Å². The highest BCUT2D eigenvalue weighted by Gasteiger charge is 2.30. The molecular formula is C31H31N2O10S5-3. The minimum absolute atomic E-state index is 0.0293. The number of thiazole rings is 1.